The molecule has 1 fully saturated rings. The Morgan fingerprint density at radius 1 is 1.08 bits per heavy atom. The molecule has 25 heavy (non-hydrogen) atoms. The normalized spacial score (nSPS) is 16.2. The van der Waals surface area contributed by atoms with Gasteiger partial charge in [0.1, 0.15) is 0 Å². The molecule has 0 saturated carbocycles. The maximum Gasteiger partial charge on any atom is 0.241 e. The summed E-state index contributed by atoms with van der Waals surface area (Å²) in [5.74, 6) is 0.0723. The molecule has 1 atom stereocenters. The van der Waals surface area contributed by atoms with Gasteiger partial charge in [-0.05, 0) is 30.5 Å². The van der Waals surface area contributed by atoms with Gasteiger partial charge in [0, 0.05) is 18.8 Å². The van der Waals surface area contributed by atoms with Crippen LogP contribution in [-0.2, 0) is 16.1 Å². The minimum Gasteiger partial charge on any atom is -0.377 e. The fourth-order valence-electron chi connectivity index (χ4n) is 2.94. The number of nitrogens with zero attached hydrogens (tertiary/aromatic N) is 1. The minimum absolute atomic E-state index is 0. The van der Waals surface area contributed by atoms with Gasteiger partial charge in [0.15, 0.2) is 0 Å². The Kier molecular flexibility index (Phi) is 7.92. The van der Waals surface area contributed by atoms with Crippen molar-refractivity contribution in [2.75, 3.05) is 24.6 Å². The van der Waals surface area contributed by atoms with Crippen LogP contribution in [0.4, 0.5) is 5.69 Å². The Labute approximate surface area is 155 Å². The van der Waals surface area contributed by atoms with Gasteiger partial charge in [0.2, 0.25) is 5.91 Å². The number of para-hydroxylation sites is 1. The molecule has 0 aromatic heterocycles. The van der Waals surface area contributed by atoms with E-state index in [0.29, 0.717) is 13.1 Å². The lowest BCUT2D eigenvalue weighted by Gasteiger charge is -2.23. The molecule has 0 spiro atoms. The summed E-state index contributed by atoms with van der Waals surface area (Å²) in [6.07, 6.45) is 2.44. The van der Waals surface area contributed by atoms with Gasteiger partial charge in [-0.2, -0.15) is 0 Å². The highest BCUT2D eigenvalue weighted by Crippen LogP contribution is 2.17. The van der Waals surface area contributed by atoms with Gasteiger partial charge in [0.25, 0.3) is 0 Å². The first-order valence-corrected chi connectivity index (χ1v) is 8.54. The van der Waals surface area contributed by atoms with Crippen LogP contribution < -0.4 is 10.2 Å². The Morgan fingerprint density at radius 3 is 2.40 bits per heavy atom. The third-order valence-electron chi connectivity index (χ3n) is 4.22. The quantitative estimate of drug-likeness (QED) is 0.822. The number of carbonyl (C=O) groups excluding carboxylic acids is 1. The van der Waals surface area contributed by atoms with Crippen molar-refractivity contribution < 1.29 is 9.53 Å². The summed E-state index contributed by atoms with van der Waals surface area (Å²) in [5.41, 5.74) is 2.04. The summed E-state index contributed by atoms with van der Waals surface area (Å²) in [6.45, 7) is 2.47. The Balaban J connectivity index is 0.00000225. The van der Waals surface area contributed by atoms with Crippen LogP contribution in [0.2, 0.25) is 0 Å². The topological polar surface area (TPSA) is 41.6 Å². The van der Waals surface area contributed by atoms with E-state index in [1.165, 1.54) is 0 Å². The predicted octanol–water partition coefficient (Wildman–Crippen LogP) is 3.41. The molecule has 0 aliphatic carbocycles. The van der Waals surface area contributed by atoms with Crippen LogP contribution >= 0.6 is 12.4 Å². The van der Waals surface area contributed by atoms with Gasteiger partial charge in [0.05, 0.1) is 19.2 Å². The van der Waals surface area contributed by atoms with Crippen LogP contribution in [0.15, 0.2) is 60.7 Å². The fraction of sp³-hybridized carbons (Fsp3) is 0.350. The van der Waals surface area contributed by atoms with Crippen LogP contribution in [0, 0.1) is 0 Å². The first-order chi connectivity index (χ1) is 11.8. The van der Waals surface area contributed by atoms with Crippen LogP contribution in [-0.4, -0.2) is 31.7 Å². The van der Waals surface area contributed by atoms with Gasteiger partial charge in [-0.15, -0.1) is 12.4 Å². The maximum absolute atomic E-state index is 12.7. The van der Waals surface area contributed by atoms with E-state index in [1.54, 1.807) is 0 Å². The molecule has 2 aromatic carbocycles. The molecule has 4 nitrogen and oxygen atoms in total. The number of ether oxygens (including phenoxy) is 1. The molecule has 3 rings (SSSR count). The Bertz CT molecular complexity index is 631. The largest absolute Gasteiger partial charge is 0.377 e. The number of rotatable bonds is 7. The van der Waals surface area contributed by atoms with Crippen molar-refractivity contribution in [3.8, 4) is 0 Å². The number of halogens is 1. The number of hydrogen-bond acceptors (Lipinski definition) is 3. The Morgan fingerprint density at radius 2 is 1.76 bits per heavy atom. The third-order valence-corrected chi connectivity index (χ3v) is 4.22. The zero-order valence-electron chi connectivity index (χ0n) is 14.3. The molecule has 1 saturated heterocycles. The molecule has 1 aliphatic heterocycles. The average molecular weight is 361 g/mol. The molecule has 2 aromatic rings. The molecule has 0 bridgehead atoms. The number of amides is 1. The van der Waals surface area contributed by atoms with Gasteiger partial charge in [-0.3, -0.25) is 4.79 Å². The third kappa shape index (κ3) is 5.85. The second-order valence-corrected chi connectivity index (χ2v) is 6.07. The predicted molar refractivity (Wildman–Crippen MR) is 103 cm³/mol. The SMILES string of the molecule is Cl.O=C(CNCC1CCCO1)N(Cc1ccccc1)c1ccccc1. The van der Waals surface area contributed by atoms with Crippen LogP contribution in [0.25, 0.3) is 0 Å². The first-order valence-electron chi connectivity index (χ1n) is 8.54. The monoisotopic (exact) mass is 360 g/mol. The van der Waals surface area contributed by atoms with Gasteiger partial charge in [-0.1, -0.05) is 48.5 Å². The van der Waals surface area contributed by atoms with Crippen molar-refractivity contribution in [2.45, 2.75) is 25.5 Å². The fourth-order valence-corrected chi connectivity index (χ4v) is 2.94. The van der Waals surface area contributed by atoms with E-state index in [2.05, 4.69) is 5.32 Å². The zero-order valence-corrected chi connectivity index (χ0v) is 15.1. The molecular formula is C20H25ClN2O2. The molecule has 0 radical (unpaired) electrons. The lowest BCUT2D eigenvalue weighted by Crippen LogP contribution is -2.40. The number of carbonyl (C=O) groups is 1. The van der Waals surface area contributed by atoms with Crippen LogP contribution in [0.3, 0.4) is 0 Å². The van der Waals surface area contributed by atoms with E-state index in [0.717, 1.165) is 37.2 Å². The smallest absolute Gasteiger partial charge is 0.241 e. The summed E-state index contributed by atoms with van der Waals surface area (Å²) >= 11 is 0. The lowest BCUT2D eigenvalue weighted by atomic mass is 10.2. The summed E-state index contributed by atoms with van der Waals surface area (Å²) in [6, 6.07) is 19.9. The van der Waals surface area contributed by atoms with Crippen molar-refractivity contribution in [1.29, 1.82) is 0 Å². The second-order valence-electron chi connectivity index (χ2n) is 6.07. The number of benzene rings is 2. The number of anilines is 1. The summed E-state index contributed by atoms with van der Waals surface area (Å²) in [4.78, 5) is 14.6. The van der Waals surface area contributed by atoms with E-state index in [1.807, 2.05) is 65.6 Å². The van der Waals surface area contributed by atoms with Crippen molar-refractivity contribution in [3.63, 3.8) is 0 Å². The highest BCUT2D eigenvalue weighted by Gasteiger charge is 2.18. The lowest BCUT2D eigenvalue weighted by molar-refractivity contribution is -0.118. The molecule has 5 heteroatoms. The van der Waals surface area contributed by atoms with E-state index < -0.39 is 0 Å². The molecule has 134 valence electrons. The molecule has 1 N–H and O–H groups in total. The van der Waals surface area contributed by atoms with Gasteiger partial charge >= 0.3 is 0 Å². The standard InChI is InChI=1S/C20H24N2O2.ClH/c23-20(15-21-14-19-12-7-13-24-19)22(18-10-5-2-6-11-18)16-17-8-3-1-4-9-17;/h1-6,8-11,19,21H,7,12-16H2;1H. The van der Waals surface area contributed by atoms with Crippen molar-refractivity contribution in [1.82, 2.24) is 5.32 Å². The van der Waals surface area contributed by atoms with E-state index in [4.69, 9.17) is 4.74 Å². The van der Waals surface area contributed by atoms with Crippen molar-refractivity contribution in [2.24, 2.45) is 0 Å². The molecule has 1 unspecified atom stereocenters. The molecular weight excluding hydrogens is 336 g/mol. The zero-order chi connectivity index (χ0) is 16.6. The molecule has 1 aliphatic rings. The average Bonchev–Trinajstić information content (AvgIpc) is 3.15. The van der Waals surface area contributed by atoms with Gasteiger partial charge < -0.3 is 15.0 Å². The summed E-state index contributed by atoms with van der Waals surface area (Å²) in [7, 11) is 0. The van der Waals surface area contributed by atoms with Gasteiger partial charge in [-0.25, -0.2) is 0 Å². The van der Waals surface area contributed by atoms with E-state index in [-0.39, 0.29) is 24.4 Å². The minimum atomic E-state index is 0. The Hall–Kier alpha value is -1.88. The van der Waals surface area contributed by atoms with Crippen molar-refractivity contribution >= 4 is 24.0 Å². The van der Waals surface area contributed by atoms with Crippen LogP contribution in [0.1, 0.15) is 18.4 Å². The highest BCUT2D eigenvalue weighted by atomic mass is 35.5. The van der Waals surface area contributed by atoms with E-state index >= 15 is 0 Å². The summed E-state index contributed by atoms with van der Waals surface area (Å²) in [5, 5.41) is 3.25. The maximum atomic E-state index is 12.7. The van der Waals surface area contributed by atoms with E-state index in [9.17, 15) is 4.79 Å². The van der Waals surface area contributed by atoms with Crippen LogP contribution in [0.5, 0.6) is 0 Å². The summed E-state index contributed by atoms with van der Waals surface area (Å²) < 4.78 is 5.59. The molecule has 1 amide bonds. The highest BCUT2D eigenvalue weighted by molar-refractivity contribution is 5.94. The first kappa shape index (κ1) is 19.4. The number of nitrogens with one attached hydrogen (secondary N) is 1. The van der Waals surface area contributed by atoms with Crippen molar-refractivity contribution in [3.05, 3.63) is 66.2 Å². The number of hydrogen-bond donors (Lipinski definition) is 1. The second kappa shape index (κ2) is 10.2. The molecule has 1 heterocycles.